The maximum absolute atomic E-state index is 14.5. The van der Waals surface area contributed by atoms with Gasteiger partial charge in [0.1, 0.15) is 11.6 Å². The molecule has 2 rings (SSSR count). The molecule has 0 heterocycles. The molecule has 0 aliphatic heterocycles. The van der Waals surface area contributed by atoms with E-state index >= 15 is 0 Å². The Bertz CT molecular complexity index is 827. The molecule has 0 aliphatic rings. The van der Waals surface area contributed by atoms with Crippen molar-refractivity contribution >= 4 is 11.5 Å². The minimum Gasteiger partial charge on any atom is -0.497 e. The van der Waals surface area contributed by atoms with Gasteiger partial charge in [0.2, 0.25) is 0 Å². The fourth-order valence-electron chi connectivity index (χ4n) is 2.50. The standard InChI is InChI=1S/C19H19FO5/c1-11(7-18(21)22)12-8-15(19(25-4)17(9-12)24-3)14-6-5-13(23-2)10-16(14)20/h5-10H,1-4H3,(H,21,22)/b11-7+. The van der Waals surface area contributed by atoms with Crippen molar-refractivity contribution in [3.05, 3.63) is 47.8 Å². The fraction of sp³-hybridized carbons (Fsp3) is 0.211. The lowest BCUT2D eigenvalue weighted by molar-refractivity contribution is -0.131. The van der Waals surface area contributed by atoms with Crippen LogP contribution in [0.4, 0.5) is 4.39 Å². The third-order valence-electron chi connectivity index (χ3n) is 3.74. The van der Waals surface area contributed by atoms with Crippen LogP contribution < -0.4 is 14.2 Å². The molecule has 25 heavy (non-hydrogen) atoms. The van der Waals surface area contributed by atoms with E-state index in [0.717, 1.165) is 6.08 Å². The summed E-state index contributed by atoms with van der Waals surface area (Å²) in [5.41, 5.74) is 1.84. The number of methoxy groups -OCH3 is 3. The summed E-state index contributed by atoms with van der Waals surface area (Å²) < 4.78 is 30.3. The summed E-state index contributed by atoms with van der Waals surface area (Å²) in [6.07, 6.45) is 1.08. The van der Waals surface area contributed by atoms with Gasteiger partial charge in [-0.1, -0.05) is 0 Å². The maximum atomic E-state index is 14.5. The number of carboxylic acid groups (broad SMARTS) is 1. The van der Waals surface area contributed by atoms with Crippen molar-refractivity contribution in [2.24, 2.45) is 0 Å². The molecule has 0 aliphatic carbocycles. The van der Waals surface area contributed by atoms with E-state index in [-0.39, 0.29) is 0 Å². The van der Waals surface area contributed by atoms with Crippen LogP contribution >= 0.6 is 0 Å². The van der Waals surface area contributed by atoms with E-state index in [9.17, 15) is 9.18 Å². The zero-order chi connectivity index (χ0) is 18.6. The average molecular weight is 346 g/mol. The van der Waals surface area contributed by atoms with Crippen LogP contribution in [0.25, 0.3) is 16.7 Å². The van der Waals surface area contributed by atoms with E-state index in [2.05, 4.69) is 0 Å². The molecule has 2 aromatic carbocycles. The van der Waals surface area contributed by atoms with Gasteiger partial charge in [0.15, 0.2) is 11.5 Å². The molecule has 0 unspecified atom stereocenters. The number of carbonyl (C=O) groups is 1. The number of ether oxygens (including phenoxy) is 3. The van der Waals surface area contributed by atoms with E-state index in [4.69, 9.17) is 19.3 Å². The highest BCUT2D eigenvalue weighted by Gasteiger charge is 2.18. The molecule has 0 saturated carbocycles. The summed E-state index contributed by atoms with van der Waals surface area (Å²) in [6, 6.07) is 7.80. The minimum absolute atomic E-state index is 0.293. The van der Waals surface area contributed by atoms with Gasteiger partial charge >= 0.3 is 5.97 Å². The number of carboxylic acids is 1. The number of rotatable bonds is 6. The first kappa shape index (κ1) is 18.3. The van der Waals surface area contributed by atoms with Crippen LogP contribution in [0.3, 0.4) is 0 Å². The number of hydrogen-bond donors (Lipinski definition) is 1. The quantitative estimate of drug-likeness (QED) is 0.801. The Labute approximate surface area is 145 Å². The molecule has 0 bridgehead atoms. The summed E-state index contributed by atoms with van der Waals surface area (Å²) in [5.74, 6) is -0.423. The molecule has 0 saturated heterocycles. The molecule has 5 nitrogen and oxygen atoms in total. The van der Waals surface area contributed by atoms with Crippen molar-refractivity contribution < 1.29 is 28.5 Å². The molecule has 132 valence electrons. The first-order valence-electron chi connectivity index (χ1n) is 7.42. The Hall–Kier alpha value is -3.02. The summed E-state index contributed by atoms with van der Waals surface area (Å²) in [4.78, 5) is 10.9. The third kappa shape index (κ3) is 3.91. The molecule has 0 radical (unpaired) electrons. The number of halogens is 1. The second-order valence-corrected chi connectivity index (χ2v) is 5.27. The monoisotopic (exact) mass is 346 g/mol. The molecule has 0 spiro atoms. The van der Waals surface area contributed by atoms with E-state index in [1.807, 2.05) is 0 Å². The second-order valence-electron chi connectivity index (χ2n) is 5.27. The molecule has 0 amide bonds. The maximum Gasteiger partial charge on any atom is 0.328 e. The fourth-order valence-corrected chi connectivity index (χ4v) is 2.50. The molecule has 6 heteroatoms. The zero-order valence-corrected chi connectivity index (χ0v) is 14.4. The predicted octanol–water partition coefficient (Wildman–Crippen LogP) is 4.01. The van der Waals surface area contributed by atoms with Gasteiger partial charge in [0.05, 0.1) is 21.3 Å². The van der Waals surface area contributed by atoms with Crippen LogP contribution in [-0.2, 0) is 4.79 Å². The summed E-state index contributed by atoms with van der Waals surface area (Å²) >= 11 is 0. The molecular weight excluding hydrogens is 327 g/mol. The number of hydrogen-bond acceptors (Lipinski definition) is 4. The Kier molecular flexibility index (Phi) is 5.64. The number of benzene rings is 2. The van der Waals surface area contributed by atoms with Gasteiger partial charge in [-0.25, -0.2) is 9.18 Å². The lowest BCUT2D eigenvalue weighted by atomic mass is 9.97. The van der Waals surface area contributed by atoms with Crippen LogP contribution in [0.2, 0.25) is 0 Å². The summed E-state index contributed by atoms with van der Waals surface area (Å²) in [7, 11) is 4.38. The molecule has 1 N–H and O–H groups in total. The summed E-state index contributed by atoms with van der Waals surface area (Å²) in [6.45, 7) is 1.66. The largest absolute Gasteiger partial charge is 0.497 e. The van der Waals surface area contributed by atoms with E-state index in [1.54, 1.807) is 31.2 Å². The topological polar surface area (TPSA) is 65.0 Å². The predicted molar refractivity (Wildman–Crippen MR) is 92.8 cm³/mol. The van der Waals surface area contributed by atoms with Crippen molar-refractivity contribution in [1.82, 2.24) is 0 Å². The third-order valence-corrected chi connectivity index (χ3v) is 3.74. The van der Waals surface area contributed by atoms with Gasteiger partial charge in [0, 0.05) is 23.3 Å². The first-order valence-corrected chi connectivity index (χ1v) is 7.42. The van der Waals surface area contributed by atoms with E-state index in [0.29, 0.717) is 39.5 Å². The van der Waals surface area contributed by atoms with Gasteiger partial charge in [-0.05, 0) is 42.3 Å². The van der Waals surface area contributed by atoms with E-state index in [1.165, 1.54) is 27.4 Å². The van der Waals surface area contributed by atoms with Crippen LogP contribution in [-0.4, -0.2) is 32.4 Å². The van der Waals surface area contributed by atoms with Crippen LogP contribution in [0.15, 0.2) is 36.4 Å². The van der Waals surface area contributed by atoms with Gasteiger partial charge < -0.3 is 19.3 Å². The molecule has 0 fully saturated rings. The van der Waals surface area contributed by atoms with Crippen LogP contribution in [0.1, 0.15) is 12.5 Å². The average Bonchev–Trinajstić information content (AvgIpc) is 2.59. The van der Waals surface area contributed by atoms with Crippen molar-refractivity contribution in [1.29, 1.82) is 0 Å². The van der Waals surface area contributed by atoms with Crippen molar-refractivity contribution in [2.45, 2.75) is 6.92 Å². The Morgan fingerprint density at radius 1 is 1.04 bits per heavy atom. The van der Waals surface area contributed by atoms with Crippen molar-refractivity contribution in [3.8, 4) is 28.4 Å². The van der Waals surface area contributed by atoms with Gasteiger partial charge in [-0.3, -0.25) is 0 Å². The molecule has 2 aromatic rings. The molecule has 0 atom stereocenters. The Balaban J connectivity index is 2.72. The molecular formula is C19H19FO5. The number of allylic oxidation sites excluding steroid dienone is 1. The van der Waals surface area contributed by atoms with Crippen molar-refractivity contribution in [3.63, 3.8) is 0 Å². The van der Waals surface area contributed by atoms with E-state index < -0.39 is 11.8 Å². The second kappa shape index (κ2) is 7.70. The van der Waals surface area contributed by atoms with Gasteiger partial charge in [-0.15, -0.1) is 0 Å². The lowest BCUT2D eigenvalue weighted by Crippen LogP contribution is -1.98. The number of aliphatic carboxylic acids is 1. The minimum atomic E-state index is -1.07. The summed E-state index contributed by atoms with van der Waals surface area (Å²) in [5, 5.41) is 8.95. The Morgan fingerprint density at radius 2 is 1.76 bits per heavy atom. The smallest absolute Gasteiger partial charge is 0.328 e. The van der Waals surface area contributed by atoms with Gasteiger partial charge in [0.25, 0.3) is 0 Å². The van der Waals surface area contributed by atoms with Gasteiger partial charge in [-0.2, -0.15) is 0 Å². The molecule has 0 aromatic heterocycles. The Morgan fingerprint density at radius 3 is 2.28 bits per heavy atom. The highest BCUT2D eigenvalue weighted by molar-refractivity contribution is 5.91. The normalized spacial score (nSPS) is 11.2. The van der Waals surface area contributed by atoms with Crippen LogP contribution in [0, 0.1) is 5.82 Å². The highest BCUT2D eigenvalue weighted by atomic mass is 19.1. The zero-order valence-electron chi connectivity index (χ0n) is 14.4. The first-order chi connectivity index (χ1) is 11.9. The van der Waals surface area contributed by atoms with Crippen LogP contribution in [0.5, 0.6) is 17.2 Å². The van der Waals surface area contributed by atoms with Crippen molar-refractivity contribution in [2.75, 3.05) is 21.3 Å². The SMILES string of the molecule is COc1ccc(-c2cc(/C(C)=C/C(=O)O)cc(OC)c2OC)c(F)c1. The highest BCUT2D eigenvalue weighted by Crippen LogP contribution is 2.42. The lowest BCUT2D eigenvalue weighted by Gasteiger charge is -2.16.